The number of benzene rings is 2. The van der Waals surface area contributed by atoms with Crippen molar-refractivity contribution in [2.75, 3.05) is 55.6 Å². The summed E-state index contributed by atoms with van der Waals surface area (Å²) in [7, 11) is 0. The van der Waals surface area contributed by atoms with E-state index in [1.165, 1.54) is 11.3 Å². The van der Waals surface area contributed by atoms with Crippen molar-refractivity contribution >= 4 is 17.3 Å². The van der Waals surface area contributed by atoms with Gasteiger partial charge in [0.15, 0.2) is 5.96 Å². The number of phenols is 1. The summed E-state index contributed by atoms with van der Waals surface area (Å²) in [5, 5.41) is 13.6. The number of phenolic OH excluding ortho intramolecular Hbond substituents is 1. The van der Waals surface area contributed by atoms with Crippen LogP contribution in [0.1, 0.15) is 12.5 Å². The number of hydrogen-bond donors (Lipinski definition) is 2. The van der Waals surface area contributed by atoms with Crippen LogP contribution in [0.5, 0.6) is 5.75 Å². The number of para-hydroxylation sites is 2. The van der Waals surface area contributed by atoms with Crippen molar-refractivity contribution < 1.29 is 5.11 Å². The van der Waals surface area contributed by atoms with Gasteiger partial charge in [0.2, 0.25) is 0 Å². The fraction of sp³-hybridized carbons (Fsp3) is 0.375. The molecule has 30 heavy (non-hydrogen) atoms. The molecular formula is C24H31N5O. The molecule has 158 valence electrons. The maximum absolute atomic E-state index is 10.1. The second-order valence-corrected chi connectivity index (χ2v) is 7.68. The molecule has 0 aliphatic carbocycles. The van der Waals surface area contributed by atoms with E-state index in [1.54, 1.807) is 6.07 Å². The molecule has 4 rings (SSSR count). The van der Waals surface area contributed by atoms with E-state index in [2.05, 4.69) is 63.4 Å². The molecular weight excluding hydrogens is 374 g/mol. The highest BCUT2D eigenvalue weighted by atomic mass is 16.3. The molecule has 0 saturated carbocycles. The zero-order valence-electron chi connectivity index (χ0n) is 17.7. The topological polar surface area (TPSA) is 54.3 Å². The number of nitrogens with one attached hydrogen (secondary N) is 1. The van der Waals surface area contributed by atoms with E-state index in [-0.39, 0.29) is 0 Å². The van der Waals surface area contributed by atoms with Gasteiger partial charge in [-0.25, -0.2) is 4.99 Å². The molecule has 6 heteroatoms. The number of rotatable bonds is 5. The van der Waals surface area contributed by atoms with E-state index >= 15 is 0 Å². The van der Waals surface area contributed by atoms with E-state index in [0.717, 1.165) is 57.5 Å². The van der Waals surface area contributed by atoms with Crippen LogP contribution < -0.4 is 15.1 Å². The van der Waals surface area contributed by atoms with Crippen molar-refractivity contribution in [3.63, 3.8) is 0 Å². The second kappa shape index (κ2) is 9.57. The van der Waals surface area contributed by atoms with E-state index in [4.69, 9.17) is 4.99 Å². The van der Waals surface area contributed by atoms with Crippen LogP contribution in [0.4, 0.5) is 11.4 Å². The van der Waals surface area contributed by atoms with Crippen molar-refractivity contribution in [3.05, 3.63) is 66.2 Å². The number of piperazine rings is 1. The minimum Gasteiger partial charge on any atom is -0.506 e. The lowest BCUT2D eigenvalue weighted by Gasteiger charge is -2.37. The molecule has 0 radical (unpaired) electrons. The summed E-state index contributed by atoms with van der Waals surface area (Å²) in [5.41, 5.74) is 3.39. The molecule has 2 N–H and O–H groups in total. The van der Waals surface area contributed by atoms with Gasteiger partial charge in [-0.15, -0.1) is 0 Å². The minimum atomic E-state index is 0.347. The Hall–Kier alpha value is -3.15. The first-order valence-electron chi connectivity index (χ1n) is 10.8. The third kappa shape index (κ3) is 4.70. The average molecular weight is 406 g/mol. The Morgan fingerprint density at radius 3 is 2.47 bits per heavy atom. The normalized spacial score (nSPS) is 17.0. The Morgan fingerprint density at radius 2 is 1.73 bits per heavy atom. The molecule has 0 unspecified atom stereocenters. The number of hydrogen-bond acceptors (Lipinski definition) is 4. The monoisotopic (exact) mass is 405 g/mol. The van der Waals surface area contributed by atoms with Crippen LogP contribution in [0.15, 0.2) is 65.7 Å². The lowest BCUT2D eigenvalue weighted by atomic mass is 10.2. The van der Waals surface area contributed by atoms with Gasteiger partial charge in [-0.3, -0.25) is 0 Å². The van der Waals surface area contributed by atoms with Gasteiger partial charge in [0, 0.05) is 51.5 Å². The van der Waals surface area contributed by atoms with Crippen LogP contribution in [0.3, 0.4) is 0 Å². The van der Waals surface area contributed by atoms with Crippen LogP contribution in [0.25, 0.3) is 0 Å². The minimum absolute atomic E-state index is 0.347. The highest BCUT2D eigenvalue weighted by Crippen LogP contribution is 2.27. The lowest BCUT2D eigenvalue weighted by Crippen LogP contribution is -2.52. The van der Waals surface area contributed by atoms with Gasteiger partial charge in [0.25, 0.3) is 0 Å². The van der Waals surface area contributed by atoms with Crippen molar-refractivity contribution in [3.8, 4) is 5.75 Å². The van der Waals surface area contributed by atoms with Gasteiger partial charge in [-0.05, 0) is 36.8 Å². The number of guanidine groups is 1. The van der Waals surface area contributed by atoms with Crippen LogP contribution in [0.2, 0.25) is 0 Å². The maximum atomic E-state index is 10.1. The first-order chi connectivity index (χ1) is 14.7. The van der Waals surface area contributed by atoms with E-state index in [1.807, 2.05) is 18.2 Å². The van der Waals surface area contributed by atoms with Gasteiger partial charge in [-0.2, -0.15) is 0 Å². The highest BCUT2D eigenvalue weighted by Gasteiger charge is 2.21. The smallest absolute Gasteiger partial charge is 0.194 e. The summed E-state index contributed by atoms with van der Waals surface area (Å²) in [5.74, 6) is 1.31. The summed E-state index contributed by atoms with van der Waals surface area (Å²) < 4.78 is 0. The fourth-order valence-corrected chi connectivity index (χ4v) is 4.02. The number of anilines is 2. The van der Waals surface area contributed by atoms with E-state index in [0.29, 0.717) is 12.3 Å². The van der Waals surface area contributed by atoms with Crippen molar-refractivity contribution in [2.24, 2.45) is 4.99 Å². The summed E-state index contributed by atoms with van der Waals surface area (Å²) in [4.78, 5) is 11.8. The van der Waals surface area contributed by atoms with Gasteiger partial charge in [0.05, 0.1) is 12.2 Å². The molecule has 2 aliphatic heterocycles. The summed E-state index contributed by atoms with van der Waals surface area (Å²) in [6, 6.07) is 16.2. The van der Waals surface area contributed by atoms with E-state index < -0.39 is 0 Å². The van der Waals surface area contributed by atoms with Gasteiger partial charge in [0.1, 0.15) is 5.75 Å². The first kappa shape index (κ1) is 20.1. The second-order valence-electron chi connectivity index (χ2n) is 7.68. The van der Waals surface area contributed by atoms with Gasteiger partial charge >= 0.3 is 0 Å². The summed E-state index contributed by atoms with van der Waals surface area (Å²) in [6.45, 7) is 9.05. The predicted octanol–water partition coefficient (Wildman–Crippen LogP) is 3.06. The SMILES string of the molecule is CCNC(=NCc1cccc(N2CC=CC2)c1)N1CCN(c2ccccc2O)CC1. The maximum Gasteiger partial charge on any atom is 0.194 e. The molecule has 0 amide bonds. The first-order valence-corrected chi connectivity index (χ1v) is 10.8. The van der Waals surface area contributed by atoms with Crippen molar-refractivity contribution in [2.45, 2.75) is 13.5 Å². The van der Waals surface area contributed by atoms with Crippen molar-refractivity contribution in [1.29, 1.82) is 0 Å². The van der Waals surface area contributed by atoms with Crippen LogP contribution >= 0.6 is 0 Å². The van der Waals surface area contributed by atoms with Gasteiger partial charge in [-0.1, -0.05) is 36.4 Å². The number of aliphatic imine (C=N–C) groups is 1. The Balaban J connectivity index is 1.40. The Labute approximate surface area is 179 Å². The Kier molecular flexibility index (Phi) is 6.42. The Morgan fingerprint density at radius 1 is 0.967 bits per heavy atom. The molecule has 1 fully saturated rings. The predicted molar refractivity (Wildman–Crippen MR) is 125 cm³/mol. The summed E-state index contributed by atoms with van der Waals surface area (Å²) in [6.07, 6.45) is 4.42. The molecule has 2 aromatic carbocycles. The van der Waals surface area contributed by atoms with Crippen molar-refractivity contribution in [1.82, 2.24) is 10.2 Å². The molecule has 2 aromatic rings. The molecule has 0 spiro atoms. The largest absolute Gasteiger partial charge is 0.506 e. The van der Waals surface area contributed by atoms with Crippen LogP contribution in [-0.2, 0) is 6.54 Å². The van der Waals surface area contributed by atoms with Crippen LogP contribution in [-0.4, -0.2) is 61.8 Å². The molecule has 2 heterocycles. The molecule has 1 saturated heterocycles. The standard InChI is InChI=1S/C24H31N5O/c1-2-25-24(26-19-20-8-7-9-21(18-20)27-12-5-6-13-27)29-16-14-28(15-17-29)22-10-3-4-11-23(22)30/h3-11,18,30H,2,12-17,19H2,1H3,(H,25,26). The number of nitrogens with zero attached hydrogens (tertiary/aromatic N) is 4. The highest BCUT2D eigenvalue weighted by molar-refractivity contribution is 5.80. The van der Waals surface area contributed by atoms with E-state index in [9.17, 15) is 5.11 Å². The molecule has 0 aromatic heterocycles. The zero-order valence-corrected chi connectivity index (χ0v) is 17.7. The average Bonchev–Trinajstić information content (AvgIpc) is 3.33. The quantitative estimate of drug-likeness (QED) is 0.455. The molecule has 2 aliphatic rings. The zero-order chi connectivity index (χ0) is 20.8. The van der Waals surface area contributed by atoms with Crippen LogP contribution in [0, 0.1) is 0 Å². The fourth-order valence-electron chi connectivity index (χ4n) is 4.02. The lowest BCUT2D eigenvalue weighted by molar-refractivity contribution is 0.369. The molecule has 0 bridgehead atoms. The third-order valence-electron chi connectivity index (χ3n) is 5.64. The molecule has 6 nitrogen and oxygen atoms in total. The Bertz CT molecular complexity index is 894. The van der Waals surface area contributed by atoms with Gasteiger partial charge < -0.3 is 25.1 Å². The summed E-state index contributed by atoms with van der Waals surface area (Å²) >= 11 is 0. The third-order valence-corrected chi connectivity index (χ3v) is 5.64. The molecule has 0 atom stereocenters. The number of aromatic hydroxyl groups is 1.